The average Bonchev–Trinajstić information content (AvgIpc) is 3.33. The molecular formula is C28H28F3N5O2. The minimum atomic E-state index is -4.67. The van der Waals surface area contributed by atoms with Gasteiger partial charge in [0.1, 0.15) is 22.7 Å². The van der Waals surface area contributed by atoms with E-state index in [1.807, 2.05) is 43.8 Å². The molecule has 1 amide bonds. The average molecular weight is 524 g/mol. The number of rotatable bonds is 8. The number of alkyl halides is 3. The monoisotopic (exact) mass is 523 g/mol. The molecule has 2 aromatic heterocycles. The van der Waals surface area contributed by atoms with Crippen molar-refractivity contribution >= 4 is 27.8 Å². The Morgan fingerprint density at radius 1 is 1.18 bits per heavy atom. The molecule has 0 saturated heterocycles. The number of nitrogens with one attached hydrogen (secondary N) is 2. The van der Waals surface area contributed by atoms with Crippen molar-refractivity contribution < 1.29 is 22.4 Å². The zero-order chi connectivity index (χ0) is 27.2. The number of imidazole rings is 1. The number of carbonyl (C=O) groups excluding carboxylic acids is 1. The number of nitrogens with zero attached hydrogens (tertiary/aromatic N) is 3. The first-order valence-corrected chi connectivity index (χ1v) is 12.5. The van der Waals surface area contributed by atoms with Gasteiger partial charge < -0.3 is 14.3 Å². The maximum Gasteiger partial charge on any atom is 0.407 e. The third-order valence-corrected chi connectivity index (χ3v) is 6.87. The van der Waals surface area contributed by atoms with Crippen LogP contribution in [-0.2, 0) is 11.8 Å². The zero-order valence-electron chi connectivity index (χ0n) is 21.3. The SMILES string of the molecule is CC(C)CC(NC(c1ccc2c(c1)oc1ccc(-c3cn(C)cn3)cc12)C(F)(F)F)C(=O)NC1(C#N)CC1. The lowest BCUT2D eigenvalue weighted by Crippen LogP contribution is -2.52. The van der Waals surface area contributed by atoms with Crippen LogP contribution in [-0.4, -0.2) is 33.2 Å². The smallest absolute Gasteiger partial charge is 0.407 e. The predicted octanol–water partition coefficient (Wildman–Crippen LogP) is 5.77. The summed E-state index contributed by atoms with van der Waals surface area (Å²) in [6.07, 6.45) is 0.0822. The van der Waals surface area contributed by atoms with Gasteiger partial charge in [-0.15, -0.1) is 0 Å². The van der Waals surface area contributed by atoms with Gasteiger partial charge in [-0.05, 0) is 55.0 Å². The minimum absolute atomic E-state index is 0.0458. The van der Waals surface area contributed by atoms with E-state index in [1.54, 1.807) is 18.5 Å². The lowest BCUT2D eigenvalue weighted by atomic mass is 9.98. The highest BCUT2D eigenvalue weighted by molar-refractivity contribution is 6.06. The molecular weight excluding hydrogens is 495 g/mol. The van der Waals surface area contributed by atoms with Gasteiger partial charge >= 0.3 is 6.18 Å². The molecule has 2 heterocycles. The van der Waals surface area contributed by atoms with Gasteiger partial charge in [0.25, 0.3) is 0 Å². The van der Waals surface area contributed by atoms with Crippen LogP contribution >= 0.6 is 0 Å². The van der Waals surface area contributed by atoms with Crippen LogP contribution in [0.5, 0.6) is 0 Å². The lowest BCUT2D eigenvalue weighted by molar-refractivity contribution is -0.161. The van der Waals surface area contributed by atoms with Crippen molar-refractivity contribution in [3.63, 3.8) is 0 Å². The molecule has 1 aliphatic carbocycles. The Hall–Kier alpha value is -3.84. The summed E-state index contributed by atoms with van der Waals surface area (Å²) >= 11 is 0. The van der Waals surface area contributed by atoms with Crippen LogP contribution in [0.25, 0.3) is 33.2 Å². The first-order valence-electron chi connectivity index (χ1n) is 12.5. The molecule has 1 fully saturated rings. The number of hydrogen-bond donors (Lipinski definition) is 2. The number of hydrogen-bond acceptors (Lipinski definition) is 5. The van der Waals surface area contributed by atoms with E-state index in [4.69, 9.17) is 4.42 Å². The van der Waals surface area contributed by atoms with Crippen LogP contribution in [0, 0.1) is 17.2 Å². The van der Waals surface area contributed by atoms with E-state index < -0.39 is 29.7 Å². The summed E-state index contributed by atoms with van der Waals surface area (Å²) in [5, 5.41) is 16.0. The summed E-state index contributed by atoms with van der Waals surface area (Å²) in [5.74, 6) is -0.644. The van der Waals surface area contributed by atoms with E-state index in [0.717, 1.165) is 16.6 Å². The molecule has 0 aliphatic heterocycles. The van der Waals surface area contributed by atoms with E-state index in [0.29, 0.717) is 29.4 Å². The van der Waals surface area contributed by atoms with E-state index in [-0.39, 0.29) is 17.9 Å². The molecule has 0 radical (unpaired) electrons. The standard InChI is InChI=1S/C28H28F3N5O2/c1-16(2)10-21(26(37)35-27(14-32)8-9-27)34-25(28(29,30)31)18-4-6-19-20-11-17(22-13-36(3)15-33-22)5-7-23(20)38-24(19)12-18/h4-7,11-13,15-16,21,25,34H,8-10H2,1-3H3,(H,35,37). The Bertz CT molecular complexity index is 1540. The molecule has 0 spiro atoms. The number of halogens is 3. The largest absolute Gasteiger partial charge is 0.456 e. The molecule has 4 aromatic rings. The zero-order valence-corrected chi connectivity index (χ0v) is 21.3. The first kappa shape index (κ1) is 25.8. The van der Waals surface area contributed by atoms with Crippen LogP contribution in [0.4, 0.5) is 13.2 Å². The van der Waals surface area contributed by atoms with Crippen molar-refractivity contribution in [2.45, 2.75) is 56.9 Å². The van der Waals surface area contributed by atoms with Gasteiger partial charge in [-0.1, -0.05) is 26.0 Å². The summed E-state index contributed by atoms with van der Waals surface area (Å²) in [5.41, 5.74) is 1.49. The van der Waals surface area contributed by atoms with Gasteiger partial charge in [-0.2, -0.15) is 18.4 Å². The molecule has 2 aromatic carbocycles. The molecule has 2 N–H and O–H groups in total. The third kappa shape index (κ3) is 5.11. The van der Waals surface area contributed by atoms with Gasteiger partial charge in [0.15, 0.2) is 0 Å². The fourth-order valence-corrected chi connectivity index (χ4v) is 4.71. The molecule has 1 saturated carbocycles. The molecule has 5 rings (SSSR count). The summed E-state index contributed by atoms with van der Waals surface area (Å²) in [6.45, 7) is 3.67. The number of fused-ring (bicyclic) bond motifs is 3. The molecule has 1 aliphatic rings. The summed E-state index contributed by atoms with van der Waals surface area (Å²) < 4.78 is 50.8. The second-order valence-corrected chi connectivity index (χ2v) is 10.5. The fourth-order valence-electron chi connectivity index (χ4n) is 4.71. The van der Waals surface area contributed by atoms with Crippen molar-refractivity contribution in [2.24, 2.45) is 13.0 Å². The van der Waals surface area contributed by atoms with Crippen molar-refractivity contribution in [3.8, 4) is 17.3 Å². The number of furan rings is 1. The lowest BCUT2D eigenvalue weighted by Gasteiger charge is -2.29. The van der Waals surface area contributed by atoms with Crippen molar-refractivity contribution in [1.82, 2.24) is 20.2 Å². The molecule has 2 atom stereocenters. The Morgan fingerprint density at radius 2 is 1.95 bits per heavy atom. The molecule has 38 heavy (non-hydrogen) atoms. The normalized spacial score (nSPS) is 16.5. The van der Waals surface area contributed by atoms with E-state index in [1.165, 1.54) is 12.1 Å². The van der Waals surface area contributed by atoms with Crippen LogP contribution in [0.15, 0.2) is 53.3 Å². The Balaban J connectivity index is 1.48. The summed E-state index contributed by atoms with van der Waals surface area (Å²) in [7, 11) is 1.87. The number of amides is 1. The van der Waals surface area contributed by atoms with Crippen LogP contribution in [0.3, 0.4) is 0 Å². The highest BCUT2D eigenvalue weighted by Crippen LogP contribution is 2.38. The highest BCUT2D eigenvalue weighted by Gasteiger charge is 2.47. The van der Waals surface area contributed by atoms with Crippen LogP contribution in [0.1, 0.15) is 44.7 Å². The van der Waals surface area contributed by atoms with Gasteiger partial charge in [-0.3, -0.25) is 10.1 Å². The fraction of sp³-hybridized carbons (Fsp3) is 0.393. The maximum atomic E-state index is 14.3. The van der Waals surface area contributed by atoms with Gasteiger partial charge in [0, 0.05) is 29.6 Å². The van der Waals surface area contributed by atoms with Gasteiger partial charge in [-0.25, -0.2) is 4.98 Å². The number of aryl methyl sites for hydroxylation is 1. The molecule has 0 bridgehead atoms. The quantitative estimate of drug-likeness (QED) is 0.306. The van der Waals surface area contributed by atoms with E-state index in [2.05, 4.69) is 21.7 Å². The topological polar surface area (TPSA) is 95.9 Å². The number of aromatic nitrogens is 2. The molecule has 7 nitrogen and oxygen atoms in total. The minimum Gasteiger partial charge on any atom is -0.456 e. The first-order chi connectivity index (χ1) is 18.0. The summed E-state index contributed by atoms with van der Waals surface area (Å²) in [4.78, 5) is 17.3. The second kappa shape index (κ2) is 9.48. The Kier molecular flexibility index (Phi) is 6.43. The second-order valence-electron chi connectivity index (χ2n) is 10.5. The number of nitriles is 1. The van der Waals surface area contributed by atoms with Crippen LogP contribution < -0.4 is 10.6 Å². The predicted molar refractivity (Wildman–Crippen MR) is 137 cm³/mol. The van der Waals surface area contributed by atoms with Gasteiger partial charge in [0.05, 0.1) is 24.1 Å². The van der Waals surface area contributed by atoms with Crippen molar-refractivity contribution in [3.05, 3.63) is 54.5 Å². The van der Waals surface area contributed by atoms with Crippen molar-refractivity contribution in [1.29, 1.82) is 5.26 Å². The van der Waals surface area contributed by atoms with Gasteiger partial charge in [0.2, 0.25) is 5.91 Å². The highest BCUT2D eigenvalue weighted by atomic mass is 19.4. The van der Waals surface area contributed by atoms with E-state index in [9.17, 15) is 23.2 Å². The molecule has 198 valence electrons. The maximum absolute atomic E-state index is 14.3. The third-order valence-electron chi connectivity index (χ3n) is 6.87. The Morgan fingerprint density at radius 3 is 2.55 bits per heavy atom. The molecule has 10 heteroatoms. The van der Waals surface area contributed by atoms with Crippen molar-refractivity contribution in [2.75, 3.05) is 0 Å². The number of carbonyl (C=O) groups is 1. The summed E-state index contributed by atoms with van der Waals surface area (Å²) in [6, 6.07) is 8.79. The van der Waals surface area contributed by atoms with Crippen LogP contribution in [0.2, 0.25) is 0 Å². The number of benzene rings is 2. The molecule has 2 unspecified atom stereocenters. The van der Waals surface area contributed by atoms with E-state index >= 15 is 0 Å². The Labute approximate surface area is 217 Å².